The molecule has 1 aromatic carbocycles. The molecular weight excluding hydrogens is 246 g/mol. The van der Waals surface area contributed by atoms with Gasteiger partial charge in [0, 0.05) is 11.6 Å². The standard InChI is InChI=1S/C12H11ClF2N2/c1-3-9-7(2)16-17(12(9)13)11-5-4-8(14)6-10(11)15/h4-6H,3H2,1-2H3. The fraction of sp³-hybridized carbons (Fsp3) is 0.250. The number of benzene rings is 1. The quantitative estimate of drug-likeness (QED) is 0.802. The van der Waals surface area contributed by atoms with Crippen LogP contribution < -0.4 is 0 Å². The lowest BCUT2D eigenvalue weighted by Gasteiger charge is -2.04. The zero-order valence-electron chi connectivity index (χ0n) is 9.47. The Kier molecular flexibility index (Phi) is 3.15. The van der Waals surface area contributed by atoms with Gasteiger partial charge in [0.05, 0.1) is 5.69 Å². The average molecular weight is 257 g/mol. The second-order valence-electron chi connectivity index (χ2n) is 3.72. The van der Waals surface area contributed by atoms with Crippen LogP contribution in [-0.4, -0.2) is 9.78 Å². The van der Waals surface area contributed by atoms with Gasteiger partial charge in [0.15, 0.2) is 5.82 Å². The molecule has 0 aliphatic rings. The van der Waals surface area contributed by atoms with Gasteiger partial charge in [-0.25, -0.2) is 13.5 Å². The lowest BCUT2D eigenvalue weighted by Crippen LogP contribution is -2.00. The van der Waals surface area contributed by atoms with Crippen LogP contribution >= 0.6 is 11.6 Å². The molecular formula is C12H11ClF2N2. The fourth-order valence-electron chi connectivity index (χ4n) is 1.75. The van der Waals surface area contributed by atoms with E-state index in [4.69, 9.17) is 11.6 Å². The van der Waals surface area contributed by atoms with Gasteiger partial charge in [-0.05, 0) is 25.5 Å². The molecule has 17 heavy (non-hydrogen) atoms. The smallest absolute Gasteiger partial charge is 0.151 e. The van der Waals surface area contributed by atoms with Crippen LogP contribution in [0.3, 0.4) is 0 Å². The van der Waals surface area contributed by atoms with E-state index in [0.29, 0.717) is 11.6 Å². The third-order valence-electron chi connectivity index (χ3n) is 2.61. The molecule has 0 aliphatic carbocycles. The number of aromatic nitrogens is 2. The molecule has 1 aromatic heterocycles. The predicted octanol–water partition coefficient (Wildman–Crippen LogP) is 3.67. The van der Waals surface area contributed by atoms with Gasteiger partial charge in [0.25, 0.3) is 0 Å². The van der Waals surface area contributed by atoms with Crippen LogP contribution in [0, 0.1) is 18.6 Å². The summed E-state index contributed by atoms with van der Waals surface area (Å²) >= 11 is 6.12. The largest absolute Gasteiger partial charge is 0.219 e. The van der Waals surface area contributed by atoms with Crippen LogP contribution in [0.5, 0.6) is 0 Å². The molecule has 0 amide bonds. The highest BCUT2D eigenvalue weighted by molar-refractivity contribution is 6.30. The van der Waals surface area contributed by atoms with Gasteiger partial charge in [-0.2, -0.15) is 5.10 Å². The van der Waals surface area contributed by atoms with Gasteiger partial charge in [-0.15, -0.1) is 0 Å². The molecule has 0 fully saturated rings. The Morgan fingerprint density at radius 2 is 2.06 bits per heavy atom. The molecule has 0 bridgehead atoms. The van der Waals surface area contributed by atoms with Crippen molar-refractivity contribution in [1.29, 1.82) is 0 Å². The Bertz CT molecular complexity index is 564. The summed E-state index contributed by atoms with van der Waals surface area (Å²) in [5.74, 6) is -1.31. The number of rotatable bonds is 2. The molecule has 0 aliphatic heterocycles. The molecule has 90 valence electrons. The van der Waals surface area contributed by atoms with E-state index in [1.165, 1.54) is 16.8 Å². The van der Waals surface area contributed by atoms with Crippen molar-refractivity contribution in [1.82, 2.24) is 9.78 Å². The molecule has 0 atom stereocenters. The normalized spacial score (nSPS) is 10.9. The van der Waals surface area contributed by atoms with E-state index < -0.39 is 11.6 Å². The first-order valence-electron chi connectivity index (χ1n) is 5.24. The maximum atomic E-state index is 13.6. The van der Waals surface area contributed by atoms with Crippen LogP contribution in [0.1, 0.15) is 18.2 Å². The van der Waals surface area contributed by atoms with Crippen LogP contribution in [0.15, 0.2) is 18.2 Å². The summed E-state index contributed by atoms with van der Waals surface area (Å²) in [6.45, 7) is 3.75. The summed E-state index contributed by atoms with van der Waals surface area (Å²) in [6, 6.07) is 3.31. The van der Waals surface area contributed by atoms with E-state index in [1.807, 2.05) is 13.8 Å². The van der Waals surface area contributed by atoms with Crippen molar-refractivity contribution in [2.75, 3.05) is 0 Å². The first-order chi connectivity index (χ1) is 8.04. The maximum Gasteiger partial charge on any atom is 0.151 e. The zero-order chi connectivity index (χ0) is 12.6. The highest BCUT2D eigenvalue weighted by Crippen LogP contribution is 2.25. The van der Waals surface area contributed by atoms with Gasteiger partial charge in [0.2, 0.25) is 0 Å². The summed E-state index contributed by atoms with van der Waals surface area (Å²) in [5.41, 5.74) is 1.77. The molecule has 2 aromatic rings. The van der Waals surface area contributed by atoms with E-state index >= 15 is 0 Å². The van der Waals surface area contributed by atoms with E-state index in [9.17, 15) is 8.78 Å². The molecule has 0 unspecified atom stereocenters. The van der Waals surface area contributed by atoms with Gasteiger partial charge >= 0.3 is 0 Å². The second kappa shape index (κ2) is 4.45. The minimum atomic E-state index is -0.683. The SMILES string of the molecule is CCc1c(C)nn(-c2ccc(F)cc2F)c1Cl. The second-order valence-corrected chi connectivity index (χ2v) is 4.07. The van der Waals surface area contributed by atoms with Crippen molar-refractivity contribution in [3.8, 4) is 5.69 Å². The first kappa shape index (κ1) is 12.0. The van der Waals surface area contributed by atoms with Crippen molar-refractivity contribution in [2.45, 2.75) is 20.3 Å². The lowest BCUT2D eigenvalue weighted by molar-refractivity contribution is 0.573. The van der Waals surface area contributed by atoms with Gasteiger partial charge in [-0.3, -0.25) is 0 Å². The van der Waals surface area contributed by atoms with E-state index in [1.54, 1.807) is 0 Å². The Hall–Kier alpha value is -1.42. The molecule has 0 N–H and O–H groups in total. The minimum absolute atomic E-state index is 0.152. The maximum absolute atomic E-state index is 13.6. The van der Waals surface area contributed by atoms with Gasteiger partial charge < -0.3 is 0 Å². The average Bonchev–Trinajstić information content (AvgIpc) is 2.54. The van der Waals surface area contributed by atoms with Gasteiger partial charge in [-0.1, -0.05) is 18.5 Å². The number of nitrogens with zero attached hydrogens (tertiary/aromatic N) is 2. The number of hydrogen-bond donors (Lipinski definition) is 0. The third-order valence-corrected chi connectivity index (χ3v) is 3.00. The van der Waals surface area contributed by atoms with E-state index in [2.05, 4.69) is 5.10 Å². The molecule has 0 saturated heterocycles. The number of halogens is 3. The van der Waals surface area contributed by atoms with E-state index in [-0.39, 0.29) is 5.69 Å². The highest BCUT2D eigenvalue weighted by atomic mass is 35.5. The van der Waals surface area contributed by atoms with Crippen LogP contribution in [-0.2, 0) is 6.42 Å². The Morgan fingerprint density at radius 3 is 2.59 bits per heavy atom. The summed E-state index contributed by atoms with van der Waals surface area (Å²) in [7, 11) is 0. The predicted molar refractivity (Wildman–Crippen MR) is 62.6 cm³/mol. The molecule has 5 heteroatoms. The topological polar surface area (TPSA) is 17.8 Å². The summed E-state index contributed by atoms with van der Waals surface area (Å²) in [4.78, 5) is 0. The van der Waals surface area contributed by atoms with Crippen molar-refractivity contribution < 1.29 is 8.78 Å². The van der Waals surface area contributed by atoms with Crippen molar-refractivity contribution in [3.63, 3.8) is 0 Å². The fourth-order valence-corrected chi connectivity index (χ4v) is 2.14. The minimum Gasteiger partial charge on any atom is -0.219 e. The zero-order valence-corrected chi connectivity index (χ0v) is 10.2. The summed E-state index contributed by atoms with van der Waals surface area (Å²) in [6.07, 6.45) is 0.716. The van der Waals surface area contributed by atoms with Crippen molar-refractivity contribution in [3.05, 3.63) is 46.2 Å². The summed E-state index contributed by atoms with van der Waals surface area (Å²) in [5, 5.41) is 4.53. The van der Waals surface area contributed by atoms with Crippen molar-refractivity contribution >= 4 is 11.6 Å². The molecule has 0 saturated carbocycles. The Morgan fingerprint density at radius 1 is 1.35 bits per heavy atom. The van der Waals surface area contributed by atoms with Gasteiger partial charge in [0.1, 0.15) is 16.7 Å². The Balaban J connectivity index is 2.61. The monoisotopic (exact) mass is 256 g/mol. The highest BCUT2D eigenvalue weighted by Gasteiger charge is 2.15. The first-order valence-corrected chi connectivity index (χ1v) is 5.61. The summed E-state index contributed by atoms with van der Waals surface area (Å²) < 4.78 is 27.7. The lowest BCUT2D eigenvalue weighted by atomic mass is 10.2. The molecule has 1 heterocycles. The van der Waals surface area contributed by atoms with Crippen LogP contribution in [0.2, 0.25) is 5.15 Å². The molecule has 0 radical (unpaired) electrons. The Labute approximate surface area is 103 Å². The number of hydrogen-bond acceptors (Lipinski definition) is 1. The van der Waals surface area contributed by atoms with Crippen molar-refractivity contribution in [2.24, 2.45) is 0 Å². The number of aryl methyl sites for hydroxylation is 1. The van der Waals surface area contributed by atoms with E-state index in [0.717, 1.165) is 17.3 Å². The molecule has 2 rings (SSSR count). The molecule has 0 spiro atoms. The van der Waals surface area contributed by atoms with Crippen LogP contribution in [0.25, 0.3) is 5.69 Å². The van der Waals surface area contributed by atoms with Crippen LogP contribution in [0.4, 0.5) is 8.78 Å². The molecule has 2 nitrogen and oxygen atoms in total. The third kappa shape index (κ3) is 2.05.